The summed E-state index contributed by atoms with van der Waals surface area (Å²) in [5, 5.41) is 4.77. The van der Waals surface area contributed by atoms with Crippen molar-refractivity contribution >= 4 is 44.5 Å². The molecule has 0 spiro atoms. The SMILES string of the molecule is C1=c2c(oc3cc(-c4cc(-c5ccccc5)nc(-c5ccccc5)n4)ccc23)=C(n2c3ccccc3c3cc(-c4ccccc4)ccc32)CC1. The Morgan fingerprint density at radius 2 is 1.12 bits per heavy atom. The highest BCUT2D eigenvalue weighted by molar-refractivity contribution is 6.11. The largest absolute Gasteiger partial charge is 0.454 e. The highest BCUT2D eigenvalue weighted by Gasteiger charge is 2.20. The lowest BCUT2D eigenvalue weighted by atomic mass is 10.0. The fourth-order valence-electron chi connectivity index (χ4n) is 7.52. The number of benzene rings is 6. The highest BCUT2D eigenvalue weighted by Crippen LogP contribution is 2.36. The molecule has 3 heterocycles. The first-order valence-electron chi connectivity index (χ1n) is 17.1. The monoisotopic (exact) mass is 641 g/mol. The maximum atomic E-state index is 6.88. The van der Waals surface area contributed by atoms with Gasteiger partial charge in [-0.15, -0.1) is 0 Å². The molecule has 50 heavy (non-hydrogen) atoms. The van der Waals surface area contributed by atoms with Crippen LogP contribution >= 0.6 is 0 Å². The summed E-state index contributed by atoms with van der Waals surface area (Å²) in [4.78, 5) is 10.1. The van der Waals surface area contributed by atoms with Gasteiger partial charge in [0.1, 0.15) is 5.58 Å². The smallest absolute Gasteiger partial charge is 0.160 e. The van der Waals surface area contributed by atoms with Crippen molar-refractivity contribution in [2.75, 3.05) is 0 Å². The average molecular weight is 642 g/mol. The lowest BCUT2D eigenvalue weighted by Gasteiger charge is -2.13. The van der Waals surface area contributed by atoms with E-state index in [4.69, 9.17) is 14.4 Å². The average Bonchev–Trinajstić information content (AvgIpc) is 3.74. The van der Waals surface area contributed by atoms with Gasteiger partial charge in [-0.2, -0.15) is 0 Å². The van der Waals surface area contributed by atoms with Gasteiger partial charge in [0.05, 0.1) is 28.1 Å². The van der Waals surface area contributed by atoms with Crippen LogP contribution in [-0.2, 0) is 0 Å². The quantitative estimate of drug-likeness (QED) is 0.188. The van der Waals surface area contributed by atoms with Gasteiger partial charge in [0.2, 0.25) is 0 Å². The Kier molecular flexibility index (Phi) is 6.59. The Morgan fingerprint density at radius 1 is 0.480 bits per heavy atom. The van der Waals surface area contributed by atoms with E-state index in [0.717, 1.165) is 62.5 Å². The van der Waals surface area contributed by atoms with E-state index in [9.17, 15) is 0 Å². The zero-order chi connectivity index (χ0) is 33.0. The highest BCUT2D eigenvalue weighted by atomic mass is 16.3. The van der Waals surface area contributed by atoms with Crippen molar-refractivity contribution < 1.29 is 4.42 Å². The molecule has 0 aliphatic heterocycles. The van der Waals surface area contributed by atoms with Crippen LogP contribution in [0, 0.1) is 0 Å². The van der Waals surface area contributed by atoms with Gasteiger partial charge in [-0.1, -0.05) is 127 Å². The van der Waals surface area contributed by atoms with Crippen LogP contribution in [0.1, 0.15) is 12.8 Å². The third-order valence-electron chi connectivity index (χ3n) is 9.89. The van der Waals surface area contributed by atoms with Crippen LogP contribution in [-0.4, -0.2) is 14.5 Å². The molecule has 0 unspecified atom stereocenters. The Hall–Kier alpha value is -6.52. The number of furan rings is 1. The van der Waals surface area contributed by atoms with Crippen molar-refractivity contribution in [3.05, 3.63) is 168 Å². The minimum Gasteiger partial charge on any atom is -0.454 e. The Balaban J connectivity index is 1.16. The van der Waals surface area contributed by atoms with E-state index in [1.54, 1.807) is 0 Å². The number of rotatable bonds is 5. The van der Waals surface area contributed by atoms with Crippen molar-refractivity contribution in [2.24, 2.45) is 0 Å². The molecule has 10 rings (SSSR count). The predicted molar refractivity (Wildman–Crippen MR) is 205 cm³/mol. The van der Waals surface area contributed by atoms with E-state index in [-0.39, 0.29) is 0 Å². The normalized spacial score (nSPS) is 12.8. The summed E-state index contributed by atoms with van der Waals surface area (Å²) in [5.74, 6) is 0.700. The van der Waals surface area contributed by atoms with Crippen molar-refractivity contribution in [2.45, 2.75) is 12.8 Å². The first-order chi connectivity index (χ1) is 24.8. The van der Waals surface area contributed by atoms with Gasteiger partial charge in [0, 0.05) is 38.1 Å². The molecule has 0 bridgehead atoms. The van der Waals surface area contributed by atoms with Gasteiger partial charge < -0.3 is 8.98 Å². The second kappa shape index (κ2) is 11.6. The van der Waals surface area contributed by atoms with Gasteiger partial charge in [-0.3, -0.25) is 0 Å². The van der Waals surface area contributed by atoms with Crippen LogP contribution in [0.5, 0.6) is 0 Å². The molecule has 236 valence electrons. The summed E-state index contributed by atoms with van der Waals surface area (Å²) in [5.41, 5.74) is 12.6. The Labute approximate surface area is 288 Å². The number of aromatic nitrogens is 3. The molecule has 0 saturated heterocycles. The summed E-state index contributed by atoms with van der Waals surface area (Å²) >= 11 is 0. The van der Waals surface area contributed by atoms with Crippen molar-refractivity contribution in [1.82, 2.24) is 14.5 Å². The van der Waals surface area contributed by atoms with Crippen molar-refractivity contribution in [3.8, 4) is 45.0 Å². The van der Waals surface area contributed by atoms with Crippen LogP contribution in [0.25, 0.3) is 89.6 Å². The van der Waals surface area contributed by atoms with Gasteiger partial charge in [0.15, 0.2) is 11.2 Å². The fourth-order valence-corrected chi connectivity index (χ4v) is 7.52. The standard InChI is InChI=1S/C46H31N3O/c1-4-13-30(14-5-1)33-24-26-42-38(27-33)35-19-10-11-21-41(35)49(42)43-22-12-20-37-36-25-23-34(28-44(36)50-45(37)43)40-29-39(31-15-6-2-7-16-31)47-46(48-40)32-17-8-3-9-18-32/h1-11,13-21,23-29H,12,22H2. The van der Waals surface area contributed by atoms with Gasteiger partial charge in [0.25, 0.3) is 0 Å². The second-order valence-corrected chi connectivity index (χ2v) is 12.9. The molecule has 3 aromatic heterocycles. The van der Waals surface area contributed by atoms with Crippen molar-refractivity contribution in [3.63, 3.8) is 0 Å². The lowest BCUT2D eigenvalue weighted by Crippen LogP contribution is -2.28. The number of hydrogen-bond donors (Lipinski definition) is 0. The number of hydrogen-bond acceptors (Lipinski definition) is 3. The predicted octanol–water partition coefficient (Wildman–Crippen LogP) is 10.2. The maximum Gasteiger partial charge on any atom is 0.160 e. The maximum absolute atomic E-state index is 6.88. The molecule has 0 radical (unpaired) electrons. The van der Waals surface area contributed by atoms with Gasteiger partial charge in [-0.05, 0) is 60.4 Å². The van der Waals surface area contributed by atoms with E-state index in [2.05, 4.69) is 132 Å². The van der Waals surface area contributed by atoms with Gasteiger partial charge in [-0.25, -0.2) is 9.97 Å². The molecule has 4 heteroatoms. The topological polar surface area (TPSA) is 43.9 Å². The molecular weight excluding hydrogens is 611 g/mol. The minimum atomic E-state index is 0.700. The van der Waals surface area contributed by atoms with E-state index >= 15 is 0 Å². The fraction of sp³-hybridized carbons (Fsp3) is 0.0435. The van der Waals surface area contributed by atoms with Crippen LogP contribution in [0.2, 0.25) is 0 Å². The van der Waals surface area contributed by atoms with Gasteiger partial charge >= 0.3 is 0 Å². The molecule has 0 N–H and O–H groups in total. The minimum absolute atomic E-state index is 0.700. The summed E-state index contributed by atoms with van der Waals surface area (Å²) < 4.78 is 9.31. The molecule has 6 aromatic carbocycles. The van der Waals surface area contributed by atoms with Crippen LogP contribution < -0.4 is 10.6 Å². The van der Waals surface area contributed by atoms with E-state index < -0.39 is 0 Å². The van der Waals surface area contributed by atoms with E-state index in [1.165, 1.54) is 38.6 Å². The second-order valence-electron chi connectivity index (χ2n) is 12.9. The van der Waals surface area contributed by atoms with Crippen LogP contribution in [0.15, 0.2) is 162 Å². The van der Waals surface area contributed by atoms with E-state index in [0.29, 0.717) is 5.82 Å². The molecule has 0 saturated carbocycles. The van der Waals surface area contributed by atoms with Crippen molar-refractivity contribution in [1.29, 1.82) is 0 Å². The lowest BCUT2D eigenvalue weighted by molar-refractivity contribution is 0.564. The number of fused-ring (bicyclic) bond motifs is 6. The zero-order valence-corrected chi connectivity index (χ0v) is 27.3. The number of para-hydroxylation sites is 1. The molecule has 1 aliphatic rings. The molecular formula is C46H31N3O. The first-order valence-corrected chi connectivity index (χ1v) is 17.1. The molecule has 0 atom stereocenters. The molecule has 9 aromatic rings. The third-order valence-corrected chi connectivity index (χ3v) is 9.89. The Bertz CT molecular complexity index is 2790. The van der Waals surface area contributed by atoms with Crippen LogP contribution in [0.4, 0.5) is 0 Å². The number of nitrogens with zero attached hydrogens (tertiary/aromatic N) is 3. The Morgan fingerprint density at radius 3 is 1.90 bits per heavy atom. The summed E-state index contributed by atoms with van der Waals surface area (Å²) in [6.45, 7) is 0. The van der Waals surface area contributed by atoms with E-state index in [1.807, 2.05) is 36.4 Å². The first kappa shape index (κ1) is 28.5. The third kappa shape index (κ3) is 4.68. The summed E-state index contributed by atoms with van der Waals surface area (Å²) in [7, 11) is 0. The molecule has 0 fully saturated rings. The molecule has 1 aliphatic carbocycles. The van der Waals surface area contributed by atoms with Crippen LogP contribution in [0.3, 0.4) is 0 Å². The molecule has 4 nitrogen and oxygen atoms in total. The molecule has 0 amide bonds. The summed E-state index contributed by atoms with van der Waals surface area (Å²) in [6.07, 6.45) is 4.17. The zero-order valence-electron chi connectivity index (χ0n) is 27.3. The summed E-state index contributed by atoms with van der Waals surface area (Å²) in [6, 6.07) is 55.2.